The Kier molecular flexibility index (Phi) is 8.88. The van der Waals surface area contributed by atoms with E-state index in [1.807, 2.05) is 0 Å². The number of aliphatic hydroxyl groups is 1. The van der Waals surface area contributed by atoms with Crippen molar-refractivity contribution in [1.82, 2.24) is 0 Å². The Labute approximate surface area is 79.1 Å². The lowest BCUT2D eigenvalue weighted by molar-refractivity contribution is -0.119. The summed E-state index contributed by atoms with van der Waals surface area (Å²) >= 11 is 0. The number of ketones is 1. The molecule has 0 rings (SSSR count). The van der Waals surface area contributed by atoms with Gasteiger partial charge in [-0.05, 0) is 25.7 Å². The molecule has 13 heavy (non-hydrogen) atoms. The van der Waals surface area contributed by atoms with Crippen LogP contribution < -0.4 is 0 Å². The molecule has 0 spiro atoms. The quantitative estimate of drug-likeness (QED) is 0.438. The van der Waals surface area contributed by atoms with Crippen LogP contribution in [0, 0.1) is 0 Å². The van der Waals surface area contributed by atoms with Crippen LogP contribution in [0.5, 0.6) is 0 Å². The summed E-state index contributed by atoms with van der Waals surface area (Å²) in [6, 6.07) is 0. The lowest BCUT2D eigenvalue weighted by Gasteiger charge is -1.98. The number of rotatable bonds is 9. The molecule has 0 saturated heterocycles. The molecule has 0 aromatic heterocycles. The van der Waals surface area contributed by atoms with Gasteiger partial charge in [-0.25, -0.2) is 0 Å². The van der Waals surface area contributed by atoms with Gasteiger partial charge in [0.25, 0.3) is 0 Å². The van der Waals surface area contributed by atoms with Crippen molar-refractivity contribution in [2.24, 2.45) is 0 Å². The van der Waals surface area contributed by atoms with E-state index in [1.165, 1.54) is 0 Å². The van der Waals surface area contributed by atoms with Crippen molar-refractivity contribution >= 4 is 12.1 Å². The smallest absolute Gasteiger partial charge is 0.132 e. The Morgan fingerprint density at radius 2 is 1.69 bits per heavy atom. The topological polar surface area (TPSA) is 54.4 Å². The molecule has 0 fully saturated rings. The Hall–Kier alpha value is -0.700. The number of aliphatic hydroxyl groups excluding tert-OH is 1. The highest BCUT2D eigenvalue weighted by atomic mass is 16.2. The van der Waals surface area contributed by atoms with Gasteiger partial charge in [-0.3, -0.25) is 4.79 Å². The van der Waals surface area contributed by atoms with E-state index in [-0.39, 0.29) is 12.4 Å². The van der Waals surface area contributed by atoms with Crippen LogP contribution in [0.4, 0.5) is 0 Å². The number of hydrogen-bond acceptors (Lipinski definition) is 3. The summed E-state index contributed by atoms with van der Waals surface area (Å²) in [5.41, 5.74) is 0. The standard InChI is InChI=1S/C10H18O3/c11-8-4-1-2-6-10(13)7-3-5-9-12/h8,12H,1-7,9H2. The molecular weight excluding hydrogens is 168 g/mol. The van der Waals surface area contributed by atoms with Gasteiger partial charge in [0, 0.05) is 25.9 Å². The van der Waals surface area contributed by atoms with Crippen molar-refractivity contribution in [1.29, 1.82) is 0 Å². The first-order valence-corrected chi connectivity index (χ1v) is 4.87. The molecule has 0 aliphatic carbocycles. The third kappa shape index (κ3) is 9.21. The van der Waals surface area contributed by atoms with Crippen molar-refractivity contribution in [3.05, 3.63) is 0 Å². The van der Waals surface area contributed by atoms with Crippen LogP contribution in [0.3, 0.4) is 0 Å². The first kappa shape index (κ1) is 12.3. The molecule has 0 atom stereocenters. The fraction of sp³-hybridized carbons (Fsp3) is 0.800. The van der Waals surface area contributed by atoms with Crippen LogP contribution in [0.1, 0.15) is 44.9 Å². The normalized spacial score (nSPS) is 9.92. The first-order chi connectivity index (χ1) is 6.31. The van der Waals surface area contributed by atoms with Gasteiger partial charge in [0.1, 0.15) is 12.1 Å². The van der Waals surface area contributed by atoms with E-state index in [4.69, 9.17) is 5.11 Å². The van der Waals surface area contributed by atoms with Crippen LogP contribution in [0.15, 0.2) is 0 Å². The maximum absolute atomic E-state index is 11.1. The Morgan fingerprint density at radius 1 is 1.08 bits per heavy atom. The third-order valence-electron chi connectivity index (χ3n) is 1.89. The summed E-state index contributed by atoms with van der Waals surface area (Å²) in [5.74, 6) is 0.249. The predicted molar refractivity (Wildman–Crippen MR) is 50.5 cm³/mol. The number of unbranched alkanes of at least 4 members (excludes halogenated alkanes) is 3. The minimum atomic E-state index is 0.165. The molecular formula is C10H18O3. The fourth-order valence-corrected chi connectivity index (χ4v) is 1.11. The maximum atomic E-state index is 11.1. The fourth-order valence-electron chi connectivity index (χ4n) is 1.11. The SMILES string of the molecule is O=CCCCCC(=O)CCCCO. The molecule has 1 N–H and O–H groups in total. The van der Waals surface area contributed by atoms with E-state index in [2.05, 4.69) is 0 Å². The lowest BCUT2D eigenvalue weighted by Crippen LogP contribution is -1.98. The summed E-state index contributed by atoms with van der Waals surface area (Å²) in [5, 5.41) is 8.48. The van der Waals surface area contributed by atoms with Gasteiger partial charge in [-0.1, -0.05) is 0 Å². The van der Waals surface area contributed by atoms with E-state index >= 15 is 0 Å². The molecule has 0 saturated carbocycles. The van der Waals surface area contributed by atoms with Gasteiger partial charge in [0.05, 0.1) is 0 Å². The second kappa shape index (κ2) is 9.39. The molecule has 0 aliphatic rings. The van der Waals surface area contributed by atoms with E-state index < -0.39 is 0 Å². The largest absolute Gasteiger partial charge is 0.396 e. The summed E-state index contributed by atoms with van der Waals surface area (Å²) < 4.78 is 0. The van der Waals surface area contributed by atoms with Crippen LogP contribution in [-0.2, 0) is 9.59 Å². The van der Waals surface area contributed by atoms with E-state index in [9.17, 15) is 9.59 Å². The number of Topliss-reactive ketones (excluding diaryl/α,β-unsaturated/α-hetero) is 1. The van der Waals surface area contributed by atoms with E-state index in [1.54, 1.807) is 0 Å². The highest BCUT2D eigenvalue weighted by molar-refractivity contribution is 5.78. The molecule has 0 radical (unpaired) electrons. The maximum Gasteiger partial charge on any atom is 0.132 e. The monoisotopic (exact) mass is 186 g/mol. The van der Waals surface area contributed by atoms with Crippen molar-refractivity contribution in [2.75, 3.05) is 6.61 Å². The van der Waals surface area contributed by atoms with Gasteiger partial charge >= 0.3 is 0 Å². The van der Waals surface area contributed by atoms with Gasteiger partial charge < -0.3 is 9.90 Å². The van der Waals surface area contributed by atoms with Crippen LogP contribution >= 0.6 is 0 Å². The number of aldehydes is 1. The Balaban J connectivity index is 3.15. The van der Waals surface area contributed by atoms with Gasteiger partial charge in [-0.15, -0.1) is 0 Å². The zero-order valence-corrected chi connectivity index (χ0v) is 8.00. The molecule has 3 heteroatoms. The highest BCUT2D eigenvalue weighted by Crippen LogP contribution is 2.04. The summed E-state index contributed by atoms with van der Waals surface area (Å²) in [6.45, 7) is 0.165. The summed E-state index contributed by atoms with van der Waals surface area (Å²) in [4.78, 5) is 21.1. The van der Waals surface area contributed by atoms with Crippen molar-refractivity contribution in [3.8, 4) is 0 Å². The van der Waals surface area contributed by atoms with E-state index in [0.29, 0.717) is 25.7 Å². The molecule has 3 nitrogen and oxygen atoms in total. The van der Waals surface area contributed by atoms with Crippen molar-refractivity contribution in [3.63, 3.8) is 0 Å². The zero-order chi connectivity index (χ0) is 9.94. The molecule has 0 amide bonds. The minimum absolute atomic E-state index is 0.165. The minimum Gasteiger partial charge on any atom is -0.396 e. The summed E-state index contributed by atoms with van der Waals surface area (Å²) in [7, 11) is 0. The van der Waals surface area contributed by atoms with Crippen LogP contribution in [0.2, 0.25) is 0 Å². The molecule has 0 aliphatic heterocycles. The second-order valence-corrected chi connectivity index (χ2v) is 3.13. The molecule has 0 heterocycles. The average Bonchev–Trinajstić information content (AvgIpc) is 2.13. The van der Waals surface area contributed by atoms with E-state index in [0.717, 1.165) is 25.5 Å². The summed E-state index contributed by atoms with van der Waals surface area (Å²) in [6.07, 6.45) is 5.72. The first-order valence-electron chi connectivity index (χ1n) is 4.87. The average molecular weight is 186 g/mol. The lowest BCUT2D eigenvalue weighted by atomic mass is 10.1. The second-order valence-electron chi connectivity index (χ2n) is 3.13. The molecule has 76 valence electrons. The molecule has 0 aromatic carbocycles. The van der Waals surface area contributed by atoms with Crippen LogP contribution in [0.25, 0.3) is 0 Å². The predicted octanol–water partition coefficient (Wildman–Crippen LogP) is 1.48. The van der Waals surface area contributed by atoms with Gasteiger partial charge in [0.15, 0.2) is 0 Å². The molecule has 0 bridgehead atoms. The Bertz CT molecular complexity index is 143. The van der Waals surface area contributed by atoms with Crippen molar-refractivity contribution in [2.45, 2.75) is 44.9 Å². The zero-order valence-electron chi connectivity index (χ0n) is 8.00. The number of hydrogen-bond donors (Lipinski definition) is 1. The van der Waals surface area contributed by atoms with Crippen LogP contribution in [-0.4, -0.2) is 23.8 Å². The third-order valence-corrected chi connectivity index (χ3v) is 1.89. The Morgan fingerprint density at radius 3 is 2.23 bits per heavy atom. The van der Waals surface area contributed by atoms with Gasteiger partial charge in [-0.2, -0.15) is 0 Å². The number of carbonyl (C=O) groups is 2. The van der Waals surface area contributed by atoms with Crippen molar-refractivity contribution < 1.29 is 14.7 Å². The molecule has 0 unspecified atom stereocenters. The highest BCUT2D eigenvalue weighted by Gasteiger charge is 2.00. The van der Waals surface area contributed by atoms with Gasteiger partial charge in [0.2, 0.25) is 0 Å². The number of carbonyl (C=O) groups excluding carboxylic acids is 2. The molecule has 0 aromatic rings.